The zero-order chi connectivity index (χ0) is 13.2. The maximum atomic E-state index is 12.4. The molecule has 0 aromatic heterocycles. The predicted octanol–water partition coefficient (Wildman–Crippen LogP) is -0.0679. The van der Waals surface area contributed by atoms with Crippen LogP contribution in [0.1, 0.15) is 13.3 Å². The maximum absolute atomic E-state index is 12.4. The molecular formula is C11H20N2O3S2. The van der Waals surface area contributed by atoms with E-state index in [9.17, 15) is 13.2 Å². The molecular weight excluding hydrogens is 272 g/mol. The molecule has 2 aliphatic heterocycles. The molecule has 2 atom stereocenters. The molecule has 2 fully saturated rings. The predicted molar refractivity (Wildman–Crippen MR) is 73.3 cm³/mol. The Morgan fingerprint density at radius 3 is 2.89 bits per heavy atom. The highest BCUT2D eigenvalue weighted by Gasteiger charge is 2.38. The van der Waals surface area contributed by atoms with Crippen molar-refractivity contribution in [3.8, 4) is 0 Å². The fourth-order valence-corrected chi connectivity index (χ4v) is 5.40. The van der Waals surface area contributed by atoms with Crippen LogP contribution >= 0.6 is 11.8 Å². The zero-order valence-electron chi connectivity index (χ0n) is 10.6. The molecule has 0 spiro atoms. The third-order valence-electron chi connectivity index (χ3n) is 3.59. The Hall–Kier alpha value is -0.270. The largest absolute Gasteiger partial charge is 0.324 e. The van der Waals surface area contributed by atoms with E-state index in [2.05, 4.69) is 5.32 Å². The van der Waals surface area contributed by atoms with Gasteiger partial charge in [0.15, 0.2) is 9.84 Å². The molecule has 0 aliphatic carbocycles. The molecule has 2 rings (SSSR count). The third-order valence-corrected chi connectivity index (χ3v) is 6.88. The molecule has 0 aromatic rings. The van der Waals surface area contributed by atoms with Gasteiger partial charge < -0.3 is 10.2 Å². The van der Waals surface area contributed by atoms with E-state index in [-0.39, 0.29) is 17.6 Å². The van der Waals surface area contributed by atoms with Crippen molar-refractivity contribution in [2.24, 2.45) is 5.92 Å². The Bertz CT molecular complexity index is 405. The van der Waals surface area contributed by atoms with Gasteiger partial charge >= 0.3 is 0 Å². The Kier molecular flexibility index (Phi) is 4.55. The van der Waals surface area contributed by atoms with Crippen LogP contribution in [0, 0.1) is 5.92 Å². The summed E-state index contributed by atoms with van der Waals surface area (Å²) in [6, 6.07) is 0. The van der Waals surface area contributed by atoms with E-state index in [4.69, 9.17) is 0 Å². The lowest BCUT2D eigenvalue weighted by Gasteiger charge is -2.36. The molecule has 18 heavy (non-hydrogen) atoms. The van der Waals surface area contributed by atoms with E-state index in [0.29, 0.717) is 18.8 Å². The number of rotatable bonds is 3. The topological polar surface area (TPSA) is 66.5 Å². The smallest absolute Gasteiger partial charge is 0.228 e. The molecule has 104 valence electrons. The van der Waals surface area contributed by atoms with Crippen LogP contribution in [0.15, 0.2) is 0 Å². The zero-order valence-corrected chi connectivity index (χ0v) is 12.2. The number of amides is 1. The van der Waals surface area contributed by atoms with E-state index in [1.807, 2.05) is 0 Å². The van der Waals surface area contributed by atoms with Crippen LogP contribution in [-0.2, 0) is 14.6 Å². The molecule has 2 saturated heterocycles. The molecule has 5 nitrogen and oxygen atoms in total. The van der Waals surface area contributed by atoms with E-state index in [1.54, 1.807) is 23.6 Å². The highest BCUT2D eigenvalue weighted by molar-refractivity contribution is 8.01. The van der Waals surface area contributed by atoms with Crippen molar-refractivity contribution in [3.05, 3.63) is 0 Å². The van der Waals surface area contributed by atoms with Gasteiger partial charge in [-0.2, -0.15) is 11.8 Å². The number of sulfone groups is 1. The lowest BCUT2D eigenvalue weighted by molar-refractivity contribution is -0.135. The molecule has 0 saturated carbocycles. The van der Waals surface area contributed by atoms with Gasteiger partial charge in [0, 0.05) is 30.3 Å². The van der Waals surface area contributed by atoms with E-state index in [1.165, 1.54) is 0 Å². The molecule has 0 radical (unpaired) electrons. The first-order valence-electron chi connectivity index (χ1n) is 6.36. The summed E-state index contributed by atoms with van der Waals surface area (Å²) in [7, 11) is -3.18. The lowest BCUT2D eigenvalue weighted by atomic mass is 10.1. The van der Waals surface area contributed by atoms with E-state index < -0.39 is 15.2 Å². The normalized spacial score (nSPS) is 29.5. The molecule has 2 aliphatic rings. The summed E-state index contributed by atoms with van der Waals surface area (Å²) in [5.74, 6) is 1.43. The maximum Gasteiger partial charge on any atom is 0.228 e. The number of hydrogen-bond acceptors (Lipinski definition) is 5. The minimum absolute atomic E-state index is 0.0160. The minimum atomic E-state index is -3.18. The summed E-state index contributed by atoms with van der Waals surface area (Å²) in [5, 5.41) is 2.54. The van der Waals surface area contributed by atoms with Gasteiger partial charge in [0.2, 0.25) is 5.91 Å². The summed E-state index contributed by atoms with van der Waals surface area (Å²) < 4.78 is 24.1. The second-order valence-electron chi connectivity index (χ2n) is 4.70. The van der Waals surface area contributed by atoms with Gasteiger partial charge in [0.05, 0.1) is 5.92 Å². The first kappa shape index (κ1) is 14.1. The van der Waals surface area contributed by atoms with Crippen molar-refractivity contribution in [1.82, 2.24) is 10.2 Å². The van der Waals surface area contributed by atoms with E-state index in [0.717, 1.165) is 18.7 Å². The lowest BCUT2D eigenvalue weighted by Crippen LogP contribution is -2.52. The third kappa shape index (κ3) is 2.83. The number of nitrogens with zero attached hydrogens (tertiary/aromatic N) is 1. The number of carbonyl (C=O) groups is 1. The summed E-state index contributed by atoms with van der Waals surface area (Å²) in [6.07, 6.45) is 0.821. The number of nitrogens with one attached hydrogen (secondary N) is 1. The molecule has 2 unspecified atom stereocenters. The highest BCUT2D eigenvalue weighted by atomic mass is 32.2. The summed E-state index contributed by atoms with van der Waals surface area (Å²) in [5.41, 5.74) is 0. The quantitative estimate of drug-likeness (QED) is 0.789. The molecule has 0 aromatic carbocycles. The summed E-state index contributed by atoms with van der Waals surface area (Å²) >= 11 is 1.62. The van der Waals surface area contributed by atoms with Gasteiger partial charge in [0.25, 0.3) is 0 Å². The molecule has 0 bridgehead atoms. The number of thioether (sulfide) groups is 1. The first-order chi connectivity index (χ1) is 8.56. The summed E-state index contributed by atoms with van der Waals surface area (Å²) in [4.78, 5) is 14.0. The van der Waals surface area contributed by atoms with Crippen LogP contribution in [0.3, 0.4) is 0 Å². The average molecular weight is 292 g/mol. The van der Waals surface area contributed by atoms with Gasteiger partial charge in [-0.25, -0.2) is 8.42 Å². The van der Waals surface area contributed by atoms with Crippen LogP contribution in [0.4, 0.5) is 0 Å². The Morgan fingerprint density at radius 1 is 1.50 bits per heavy atom. The highest BCUT2D eigenvalue weighted by Crippen LogP contribution is 2.24. The Labute approximate surface area is 113 Å². The monoisotopic (exact) mass is 292 g/mol. The van der Waals surface area contributed by atoms with Crippen LogP contribution in [0.2, 0.25) is 0 Å². The Balaban J connectivity index is 2.15. The molecule has 1 amide bonds. The van der Waals surface area contributed by atoms with Crippen LogP contribution in [0.5, 0.6) is 0 Å². The SMILES string of the molecule is CCS(=O)(=O)C1CSCCN1C(=O)C1CCNC1. The van der Waals surface area contributed by atoms with Crippen molar-refractivity contribution in [2.45, 2.75) is 18.7 Å². The average Bonchev–Trinajstić information content (AvgIpc) is 2.92. The standard InChI is InChI=1S/C11H20N2O3S2/c1-2-18(15,16)10-8-17-6-5-13(10)11(14)9-3-4-12-7-9/h9-10,12H,2-8H2,1H3. The van der Waals surface area contributed by atoms with Crippen LogP contribution in [0.25, 0.3) is 0 Å². The van der Waals surface area contributed by atoms with Crippen LogP contribution in [-0.4, -0.2) is 61.5 Å². The van der Waals surface area contributed by atoms with Gasteiger partial charge in [-0.15, -0.1) is 0 Å². The second-order valence-corrected chi connectivity index (χ2v) is 8.30. The Morgan fingerprint density at radius 2 is 2.28 bits per heavy atom. The van der Waals surface area contributed by atoms with Gasteiger partial charge in [0.1, 0.15) is 5.37 Å². The van der Waals surface area contributed by atoms with Crippen molar-refractivity contribution < 1.29 is 13.2 Å². The molecule has 1 N–H and O–H groups in total. The van der Waals surface area contributed by atoms with Gasteiger partial charge in [-0.05, 0) is 13.0 Å². The fourth-order valence-electron chi connectivity index (χ4n) is 2.42. The number of carbonyl (C=O) groups excluding carboxylic acids is 1. The van der Waals surface area contributed by atoms with Gasteiger partial charge in [-0.3, -0.25) is 4.79 Å². The van der Waals surface area contributed by atoms with Crippen molar-refractivity contribution in [3.63, 3.8) is 0 Å². The van der Waals surface area contributed by atoms with Crippen molar-refractivity contribution in [1.29, 1.82) is 0 Å². The van der Waals surface area contributed by atoms with E-state index >= 15 is 0 Å². The molecule has 7 heteroatoms. The molecule has 2 heterocycles. The van der Waals surface area contributed by atoms with Crippen molar-refractivity contribution in [2.75, 3.05) is 36.9 Å². The number of hydrogen-bond donors (Lipinski definition) is 1. The van der Waals surface area contributed by atoms with Crippen molar-refractivity contribution >= 4 is 27.5 Å². The fraction of sp³-hybridized carbons (Fsp3) is 0.909. The second kappa shape index (κ2) is 5.79. The van der Waals surface area contributed by atoms with Crippen LogP contribution < -0.4 is 5.32 Å². The summed E-state index contributed by atoms with van der Waals surface area (Å²) in [6.45, 7) is 3.74. The van der Waals surface area contributed by atoms with Gasteiger partial charge in [-0.1, -0.05) is 6.92 Å². The minimum Gasteiger partial charge on any atom is -0.324 e. The first-order valence-corrected chi connectivity index (χ1v) is 9.23.